The van der Waals surface area contributed by atoms with Crippen LogP contribution in [0.2, 0.25) is 5.02 Å². The predicted octanol–water partition coefficient (Wildman–Crippen LogP) is 1.54. The van der Waals surface area contributed by atoms with Crippen molar-refractivity contribution >= 4 is 27.3 Å². The summed E-state index contributed by atoms with van der Waals surface area (Å²) in [6.07, 6.45) is 1.03. The highest BCUT2D eigenvalue weighted by Crippen LogP contribution is 2.22. The van der Waals surface area contributed by atoms with Gasteiger partial charge in [0.15, 0.2) is 0 Å². The molecule has 5 nitrogen and oxygen atoms in total. The van der Waals surface area contributed by atoms with E-state index in [0.29, 0.717) is 17.5 Å². The monoisotopic (exact) mass is 317 g/mol. The lowest BCUT2D eigenvalue weighted by atomic mass is 10.1. The molecule has 0 aromatic heterocycles. The fourth-order valence-corrected chi connectivity index (χ4v) is 3.64. The summed E-state index contributed by atoms with van der Waals surface area (Å²) in [4.78, 5) is 2.48. The molecule has 1 fully saturated rings. The van der Waals surface area contributed by atoms with Gasteiger partial charge in [-0.05, 0) is 43.6 Å². The van der Waals surface area contributed by atoms with Gasteiger partial charge in [0.2, 0.25) is 10.0 Å². The van der Waals surface area contributed by atoms with Crippen molar-refractivity contribution in [1.82, 2.24) is 9.62 Å². The van der Waals surface area contributed by atoms with Crippen LogP contribution in [0.1, 0.15) is 13.3 Å². The third-order valence-electron chi connectivity index (χ3n) is 3.66. The molecule has 1 unspecified atom stereocenters. The first-order valence-electron chi connectivity index (χ1n) is 6.69. The van der Waals surface area contributed by atoms with Gasteiger partial charge in [-0.3, -0.25) is 0 Å². The summed E-state index contributed by atoms with van der Waals surface area (Å²) in [5.41, 5.74) is 5.91. The van der Waals surface area contributed by atoms with Crippen molar-refractivity contribution < 1.29 is 8.42 Å². The minimum absolute atomic E-state index is 0.157. The molecule has 1 saturated heterocycles. The Morgan fingerprint density at radius 2 is 2.25 bits per heavy atom. The van der Waals surface area contributed by atoms with E-state index in [9.17, 15) is 8.42 Å². The number of nitrogens with zero attached hydrogens (tertiary/aromatic N) is 1. The molecule has 0 spiro atoms. The summed E-state index contributed by atoms with van der Waals surface area (Å²) in [6.45, 7) is 5.57. The number of sulfonamides is 1. The first kappa shape index (κ1) is 15.6. The van der Waals surface area contributed by atoms with Crippen LogP contribution < -0.4 is 10.5 Å². The maximum absolute atomic E-state index is 12.2. The third kappa shape index (κ3) is 3.63. The van der Waals surface area contributed by atoms with Crippen molar-refractivity contribution in [2.75, 3.05) is 31.9 Å². The fraction of sp³-hybridized carbons (Fsp3) is 0.538. The number of hydrogen-bond acceptors (Lipinski definition) is 4. The van der Waals surface area contributed by atoms with Crippen molar-refractivity contribution in [2.24, 2.45) is 5.92 Å². The highest BCUT2D eigenvalue weighted by atomic mass is 35.5. The minimum Gasteiger partial charge on any atom is -0.397 e. The van der Waals surface area contributed by atoms with Crippen LogP contribution in [0.3, 0.4) is 0 Å². The average Bonchev–Trinajstić information content (AvgIpc) is 2.87. The zero-order valence-corrected chi connectivity index (χ0v) is 13.0. The van der Waals surface area contributed by atoms with E-state index in [1.54, 1.807) is 0 Å². The maximum Gasteiger partial charge on any atom is 0.240 e. The summed E-state index contributed by atoms with van der Waals surface area (Å²) in [6, 6.07) is 4.35. The number of rotatable bonds is 5. The van der Waals surface area contributed by atoms with Crippen LogP contribution in [-0.4, -0.2) is 39.5 Å². The van der Waals surface area contributed by atoms with Gasteiger partial charge >= 0.3 is 0 Å². The Morgan fingerprint density at radius 3 is 2.85 bits per heavy atom. The van der Waals surface area contributed by atoms with E-state index in [1.807, 2.05) is 0 Å². The summed E-state index contributed by atoms with van der Waals surface area (Å²) < 4.78 is 27.0. The van der Waals surface area contributed by atoms with Gasteiger partial charge < -0.3 is 10.6 Å². The van der Waals surface area contributed by atoms with Crippen LogP contribution >= 0.6 is 11.6 Å². The quantitative estimate of drug-likeness (QED) is 0.808. The molecule has 1 atom stereocenters. The van der Waals surface area contributed by atoms with E-state index >= 15 is 0 Å². The smallest absolute Gasteiger partial charge is 0.240 e. The van der Waals surface area contributed by atoms with Gasteiger partial charge in [0.25, 0.3) is 0 Å². The van der Waals surface area contributed by atoms with E-state index in [-0.39, 0.29) is 10.6 Å². The molecular formula is C13H20ClN3O2S. The predicted molar refractivity (Wildman–Crippen MR) is 81.3 cm³/mol. The van der Waals surface area contributed by atoms with Crippen LogP contribution in [0.25, 0.3) is 0 Å². The van der Waals surface area contributed by atoms with E-state index < -0.39 is 10.0 Å². The molecule has 0 saturated carbocycles. The molecule has 1 aromatic carbocycles. The van der Waals surface area contributed by atoms with Crippen molar-refractivity contribution in [2.45, 2.75) is 18.2 Å². The number of anilines is 1. The fourth-order valence-electron chi connectivity index (χ4n) is 2.37. The van der Waals surface area contributed by atoms with Crippen LogP contribution in [0.4, 0.5) is 5.69 Å². The molecule has 0 aliphatic carbocycles. The van der Waals surface area contributed by atoms with E-state index in [1.165, 1.54) is 18.2 Å². The Hall–Kier alpha value is -0.820. The standard InChI is InChI=1S/C13H20ClN3O2S/c1-2-17-6-5-10(9-17)8-16-20(18,19)11-3-4-12(14)13(15)7-11/h3-4,7,10,16H,2,5-6,8-9,15H2,1H3. The molecule has 0 amide bonds. The van der Waals surface area contributed by atoms with Crippen LogP contribution in [0.15, 0.2) is 23.1 Å². The molecule has 20 heavy (non-hydrogen) atoms. The van der Waals surface area contributed by atoms with Crippen LogP contribution in [0, 0.1) is 5.92 Å². The Balaban J connectivity index is 1.99. The number of hydrogen-bond donors (Lipinski definition) is 2. The lowest BCUT2D eigenvalue weighted by Crippen LogP contribution is -2.31. The van der Waals surface area contributed by atoms with Gasteiger partial charge in [0.1, 0.15) is 0 Å². The normalized spacial score (nSPS) is 20.4. The minimum atomic E-state index is -3.52. The Labute approximate surface area is 125 Å². The lowest BCUT2D eigenvalue weighted by molar-refractivity contribution is 0.342. The number of halogens is 1. The number of likely N-dealkylation sites (tertiary alicyclic amines) is 1. The van der Waals surface area contributed by atoms with E-state index in [0.717, 1.165) is 26.1 Å². The number of nitrogens with two attached hydrogens (primary N) is 1. The molecule has 2 rings (SSSR count). The highest BCUT2D eigenvalue weighted by molar-refractivity contribution is 7.89. The molecule has 1 aliphatic heterocycles. The first-order valence-corrected chi connectivity index (χ1v) is 8.55. The largest absolute Gasteiger partial charge is 0.397 e. The van der Waals surface area contributed by atoms with Gasteiger partial charge in [0, 0.05) is 13.1 Å². The third-order valence-corrected chi connectivity index (χ3v) is 5.42. The van der Waals surface area contributed by atoms with Gasteiger partial charge in [-0.15, -0.1) is 0 Å². The molecule has 1 heterocycles. The summed E-state index contributed by atoms with van der Waals surface area (Å²) in [7, 11) is -3.52. The molecular weight excluding hydrogens is 298 g/mol. The molecule has 3 N–H and O–H groups in total. The Kier molecular flexibility index (Phi) is 4.90. The zero-order chi connectivity index (χ0) is 14.8. The second-order valence-electron chi connectivity index (χ2n) is 5.08. The molecule has 1 aromatic rings. The van der Waals surface area contributed by atoms with E-state index in [4.69, 9.17) is 17.3 Å². The first-order chi connectivity index (χ1) is 9.42. The summed E-state index contributed by atoms with van der Waals surface area (Å²) in [5, 5.41) is 0.360. The second kappa shape index (κ2) is 6.30. The molecule has 0 radical (unpaired) electrons. The Morgan fingerprint density at radius 1 is 1.50 bits per heavy atom. The average molecular weight is 318 g/mol. The van der Waals surface area contributed by atoms with Gasteiger partial charge in [-0.2, -0.15) is 0 Å². The molecule has 112 valence electrons. The van der Waals surface area contributed by atoms with Gasteiger partial charge in [-0.1, -0.05) is 18.5 Å². The number of benzene rings is 1. The molecule has 0 bridgehead atoms. The van der Waals surface area contributed by atoms with Crippen molar-refractivity contribution in [3.05, 3.63) is 23.2 Å². The van der Waals surface area contributed by atoms with Crippen molar-refractivity contribution in [3.63, 3.8) is 0 Å². The molecule has 1 aliphatic rings. The van der Waals surface area contributed by atoms with Gasteiger partial charge in [-0.25, -0.2) is 13.1 Å². The topological polar surface area (TPSA) is 75.4 Å². The highest BCUT2D eigenvalue weighted by Gasteiger charge is 2.23. The van der Waals surface area contributed by atoms with Crippen molar-refractivity contribution in [1.29, 1.82) is 0 Å². The van der Waals surface area contributed by atoms with Crippen LogP contribution in [-0.2, 0) is 10.0 Å². The number of nitrogen functional groups attached to an aromatic ring is 1. The molecule has 7 heteroatoms. The SMILES string of the molecule is CCN1CCC(CNS(=O)(=O)c2ccc(Cl)c(N)c2)C1. The summed E-state index contributed by atoms with van der Waals surface area (Å²) in [5.74, 6) is 0.370. The van der Waals surface area contributed by atoms with Gasteiger partial charge in [0.05, 0.1) is 15.6 Å². The maximum atomic E-state index is 12.2. The van der Waals surface area contributed by atoms with Crippen molar-refractivity contribution in [3.8, 4) is 0 Å². The lowest BCUT2D eigenvalue weighted by Gasteiger charge is -2.14. The zero-order valence-electron chi connectivity index (χ0n) is 11.5. The number of nitrogens with one attached hydrogen (secondary N) is 1. The van der Waals surface area contributed by atoms with E-state index in [2.05, 4.69) is 16.5 Å². The Bertz CT molecular complexity index is 577. The second-order valence-corrected chi connectivity index (χ2v) is 7.26. The summed E-state index contributed by atoms with van der Waals surface area (Å²) >= 11 is 5.80. The van der Waals surface area contributed by atoms with Crippen LogP contribution in [0.5, 0.6) is 0 Å².